The predicted molar refractivity (Wildman–Crippen MR) is 49.6 cm³/mol. The van der Waals surface area contributed by atoms with E-state index in [0.717, 1.165) is 23.8 Å². The molecule has 0 aliphatic heterocycles. The van der Waals surface area contributed by atoms with Crippen molar-refractivity contribution in [3.8, 4) is 0 Å². The highest BCUT2D eigenvalue weighted by Gasteiger charge is 2.30. The fraction of sp³-hybridized carbons (Fsp3) is 1.00. The number of nitrogens with one attached hydrogen (secondary N) is 1. The van der Waals surface area contributed by atoms with Gasteiger partial charge in [0.05, 0.1) is 0 Å². The molecule has 4 atom stereocenters. The molecule has 1 saturated carbocycles. The highest BCUT2D eigenvalue weighted by Crippen LogP contribution is 2.33. The molecule has 0 aromatic rings. The molecular weight excluding hydrogens is 134 g/mol. The van der Waals surface area contributed by atoms with Crippen molar-refractivity contribution in [2.24, 2.45) is 17.8 Å². The van der Waals surface area contributed by atoms with Crippen molar-refractivity contribution in [1.82, 2.24) is 5.32 Å². The van der Waals surface area contributed by atoms with E-state index in [9.17, 15) is 0 Å². The smallest absolute Gasteiger partial charge is 0.00924 e. The van der Waals surface area contributed by atoms with Gasteiger partial charge in [-0.05, 0) is 37.6 Å². The van der Waals surface area contributed by atoms with Crippen molar-refractivity contribution in [2.45, 2.75) is 39.7 Å². The fourth-order valence-corrected chi connectivity index (χ4v) is 2.26. The molecule has 66 valence electrons. The average molecular weight is 155 g/mol. The van der Waals surface area contributed by atoms with Gasteiger partial charge < -0.3 is 5.32 Å². The third-order valence-corrected chi connectivity index (χ3v) is 3.67. The molecule has 0 aromatic carbocycles. The molecule has 0 heterocycles. The van der Waals surface area contributed by atoms with E-state index in [2.05, 4.69) is 33.1 Å². The van der Waals surface area contributed by atoms with Gasteiger partial charge in [-0.3, -0.25) is 0 Å². The first-order valence-electron chi connectivity index (χ1n) is 4.84. The van der Waals surface area contributed by atoms with Gasteiger partial charge >= 0.3 is 0 Å². The lowest BCUT2D eigenvalue weighted by Crippen LogP contribution is -2.41. The van der Waals surface area contributed by atoms with E-state index >= 15 is 0 Å². The summed E-state index contributed by atoms with van der Waals surface area (Å²) in [5.74, 6) is 2.67. The zero-order chi connectivity index (χ0) is 8.43. The first-order valence-corrected chi connectivity index (χ1v) is 4.84. The van der Waals surface area contributed by atoms with E-state index in [-0.39, 0.29) is 0 Å². The van der Waals surface area contributed by atoms with Crippen LogP contribution in [0.5, 0.6) is 0 Å². The van der Waals surface area contributed by atoms with Crippen molar-refractivity contribution in [2.75, 3.05) is 7.05 Å². The van der Waals surface area contributed by atoms with E-state index in [1.165, 1.54) is 12.8 Å². The Morgan fingerprint density at radius 2 is 1.64 bits per heavy atom. The number of rotatable bonds is 1. The molecule has 1 rings (SSSR count). The Bertz CT molecular complexity index is 120. The van der Waals surface area contributed by atoms with Gasteiger partial charge in [-0.15, -0.1) is 0 Å². The van der Waals surface area contributed by atoms with E-state index < -0.39 is 0 Å². The van der Waals surface area contributed by atoms with Gasteiger partial charge in [-0.2, -0.15) is 0 Å². The van der Waals surface area contributed by atoms with Gasteiger partial charge in [0.25, 0.3) is 0 Å². The molecule has 1 nitrogen and oxygen atoms in total. The Labute approximate surface area is 70.6 Å². The van der Waals surface area contributed by atoms with Gasteiger partial charge in [0.15, 0.2) is 0 Å². The Balaban J connectivity index is 2.52. The normalized spacial score (nSPS) is 45.8. The zero-order valence-corrected chi connectivity index (χ0v) is 8.22. The third kappa shape index (κ3) is 1.76. The van der Waals surface area contributed by atoms with Gasteiger partial charge in [-0.25, -0.2) is 0 Å². The van der Waals surface area contributed by atoms with Crippen LogP contribution in [-0.2, 0) is 0 Å². The highest BCUT2D eigenvalue weighted by atomic mass is 14.9. The molecule has 0 bridgehead atoms. The molecule has 1 heteroatoms. The van der Waals surface area contributed by atoms with Crippen molar-refractivity contribution in [3.05, 3.63) is 0 Å². The quantitative estimate of drug-likeness (QED) is 0.612. The first kappa shape index (κ1) is 9.05. The van der Waals surface area contributed by atoms with Gasteiger partial charge in [0.1, 0.15) is 0 Å². The predicted octanol–water partition coefficient (Wildman–Crippen LogP) is 2.28. The molecular formula is C10H21N. The van der Waals surface area contributed by atoms with Gasteiger partial charge in [0.2, 0.25) is 0 Å². The Morgan fingerprint density at radius 3 is 2.18 bits per heavy atom. The average Bonchev–Trinajstić information content (AvgIpc) is 2.01. The lowest BCUT2D eigenvalue weighted by atomic mass is 9.72. The van der Waals surface area contributed by atoms with Gasteiger partial charge in [0, 0.05) is 6.04 Å². The molecule has 1 aliphatic rings. The molecule has 1 N–H and O–H groups in total. The standard InChI is InChI=1S/C10H21N/c1-7-5-6-10(11-4)9(3)8(7)2/h7-11H,5-6H2,1-4H3. The van der Waals surface area contributed by atoms with Crippen LogP contribution in [0.2, 0.25) is 0 Å². The molecule has 0 saturated heterocycles. The topological polar surface area (TPSA) is 12.0 Å². The van der Waals surface area contributed by atoms with Crippen LogP contribution in [0.4, 0.5) is 0 Å². The second-order valence-electron chi connectivity index (χ2n) is 4.17. The van der Waals surface area contributed by atoms with Crippen molar-refractivity contribution < 1.29 is 0 Å². The number of hydrogen-bond acceptors (Lipinski definition) is 1. The van der Waals surface area contributed by atoms with Crippen LogP contribution in [0, 0.1) is 17.8 Å². The summed E-state index contributed by atoms with van der Waals surface area (Å²) in [5.41, 5.74) is 0. The van der Waals surface area contributed by atoms with Crippen LogP contribution >= 0.6 is 0 Å². The molecule has 0 amide bonds. The second kappa shape index (κ2) is 3.57. The van der Waals surface area contributed by atoms with Crippen LogP contribution < -0.4 is 5.32 Å². The van der Waals surface area contributed by atoms with Crippen LogP contribution in [0.1, 0.15) is 33.6 Å². The molecule has 0 spiro atoms. The Kier molecular flexibility index (Phi) is 2.94. The minimum absolute atomic E-state index is 0.765. The molecule has 4 unspecified atom stereocenters. The molecule has 1 aliphatic carbocycles. The molecule has 1 fully saturated rings. The molecule has 11 heavy (non-hydrogen) atoms. The van der Waals surface area contributed by atoms with E-state index in [1.807, 2.05) is 0 Å². The van der Waals surface area contributed by atoms with E-state index in [0.29, 0.717) is 0 Å². The first-order chi connectivity index (χ1) is 5.16. The number of hydrogen-bond donors (Lipinski definition) is 1. The largest absolute Gasteiger partial charge is 0.317 e. The highest BCUT2D eigenvalue weighted by molar-refractivity contribution is 4.84. The van der Waals surface area contributed by atoms with Crippen molar-refractivity contribution in [1.29, 1.82) is 0 Å². The Morgan fingerprint density at radius 1 is 1.00 bits per heavy atom. The summed E-state index contributed by atoms with van der Waals surface area (Å²) >= 11 is 0. The summed E-state index contributed by atoms with van der Waals surface area (Å²) in [6.45, 7) is 7.15. The summed E-state index contributed by atoms with van der Waals surface area (Å²) in [4.78, 5) is 0. The van der Waals surface area contributed by atoms with Crippen LogP contribution in [0.3, 0.4) is 0 Å². The maximum atomic E-state index is 3.40. The summed E-state index contributed by atoms with van der Waals surface area (Å²) in [6, 6.07) is 0.765. The third-order valence-electron chi connectivity index (χ3n) is 3.67. The monoisotopic (exact) mass is 155 g/mol. The summed E-state index contributed by atoms with van der Waals surface area (Å²) < 4.78 is 0. The van der Waals surface area contributed by atoms with Crippen LogP contribution in [-0.4, -0.2) is 13.1 Å². The summed E-state index contributed by atoms with van der Waals surface area (Å²) in [6.07, 6.45) is 2.76. The Hall–Kier alpha value is -0.0400. The lowest BCUT2D eigenvalue weighted by molar-refractivity contribution is 0.153. The maximum Gasteiger partial charge on any atom is 0.00924 e. The minimum atomic E-state index is 0.765. The molecule has 0 aromatic heterocycles. The summed E-state index contributed by atoms with van der Waals surface area (Å²) in [7, 11) is 2.09. The lowest BCUT2D eigenvalue weighted by Gasteiger charge is -2.38. The van der Waals surface area contributed by atoms with Crippen LogP contribution in [0.25, 0.3) is 0 Å². The van der Waals surface area contributed by atoms with Crippen molar-refractivity contribution >= 4 is 0 Å². The maximum absolute atomic E-state index is 3.40. The second-order valence-corrected chi connectivity index (χ2v) is 4.17. The van der Waals surface area contributed by atoms with Crippen molar-refractivity contribution in [3.63, 3.8) is 0 Å². The zero-order valence-electron chi connectivity index (χ0n) is 8.22. The van der Waals surface area contributed by atoms with Crippen LogP contribution in [0.15, 0.2) is 0 Å². The van der Waals surface area contributed by atoms with E-state index in [1.54, 1.807) is 0 Å². The fourth-order valence-electron chi connectivity index (χ4n) is 2.26. The van der Waals surface area contributed by atoms with E-state index in [4.69, 9.17) is 0 Å². The summed E-state index contributed by atoms with van der Waals surface area (Å²) in [5, 5.41) is 3.40. The molecule has 0 radical (unpaired) electrons. The SMILES string of the molecule is CNC1CCC(C)C(C)C1C. The minimum Gasteiger partial charge on any atom is -0.317 e. The van der Waals surface area contributed by atoms with Gasteiger partial charge in [-0.1, -0.05) is 20.8 Å².